The standard InChI is InChI=1S/C21H34O5/c1-15(2)11-12-19(26-17(4)22)16(3)8-7-10-20-18(14-21(23)24)9-5-6-13-25-20/h11,14,16,19-20H,5-10,12-13H2,1-4H3,(H,23,24). The van der Waals surface area contributed by atoms with Gasteiger partial charge in [-0.2, -0.15) is 0 Å². The van der Waals surface area contributed by atoms with Crippen molar-refractivity contribution in [3.8, 4) is 0 Å². The van der Waals surface area contributed by atoms with Crippen LogP contribution in [0.1, 0.15) is 72.6 Å². The Morgan fingerprint density at radius 2 is 2.04 bits per heavy atom. The van der Waals surface area contributed by atoms with Gasteiger partial charge in [-0.05, 0) is 57.4 Å². The van der Waals surface area contributed by atoms with Crippen molar-refractivity contribution in [1.29, 1.82) is 0 Å². The number of ether oxygens (including phenoxy) is 2. The van der Waals surface area contributed by atoms with Crippen LogP contribution in [0.2, 0.25) is 0 Å². The Morgan fingerprint density at radius 3 is 2.65 bits per heavy atom. The number of hydrogen-bond donors (Lipinski definition) is 1. The predicted octanol–water partition coefficient (Wildman–Crippen LogP) is 4.66. The van der Waals surface area contributed by atoms with Crippen LogP contribution in [0, 0.1) is 5.92 Å². The molecule has 1 aliphatic rings. The molecule has 0 spiro atoms. The van der Waals surface area contributed by atoms with E-state index in [0.29, 0.717) is 6.61 Å². The van der Waals surface area contributed by atoms with Gasteiger partial charge in [-0.3, -0.25) is 4.79 Å². The first-order chi connectivity index (χ1) is 12.3. The third-order valence-electron chi connectivity index (χ3n) is 4.74. The summed E-state index contributed by atoms with van der Waals surface area (Å²) in [5.41, 5.74) is 2.10. The second-order valence-electron chi connectivity index (χ2n) is 7.45. The molecular weight excluding hydrogens is 332 g/mol. The van der Waals surface area contributed by atoms with Crippen LogP contribution in [0.3, 0.4) is 0 Å². The van der Waals surface area contributed by atoms with Crippen LogP contribution in [0.15, 0.2) is 23.3 Å². The lowest BCUT2D eigenvalue weighted by Gasteiger charge is -2.24. The molecule has 1 fully saturated rings. The van der Waals surface area contributed by atoms with E-state index in [0.717, 1.165) is 50.5 Å². The van der Waals surface area contributed by atoms with Crippen LogP contribution >= 0.6 is 0 Å². The van der Waals surface area contributed by atoms with Crippen molar-refractivity contribution in [3.05, 3.63) is 23.3 Å². The average Bonchev–Trinajstić information content (AvgIpc) is 2.75. The van der Waals surface area contributed by atoms with E-state index in [2.05, 4.69) is 13.0 Å². The van der Waals surface area contributed by atoms with E-state index in [1.54, 1.807) is 0 Å². The van der Waals surface area contributed by atoms with E-state index in [-0.39, 0.29) is 24.1 Å². The van der Waals surface area contributed by atoms with Gasteiger partial charge >= 0.3 is 11.9 Å². The third-order valence-corrected chi connectivity index (χ3v) is 4.74. The molecule has 1 rings (SSSR count). The molecule has 148 valence electrons. The van der Waals surface area contributed by atoms with Gasteiger partial charge in [-0.15, -0.1) is 0 Å². The lowest BCUT2D eigenvalue weighted by molar-refractivity contribution is -0.148. The van der Waals surface area contributed by atoms with E-state index in [1.807, 2.05) is 13.8 Å². The van der Waals surface area contributed by atoms with Gasteiger partial charge in [0.1, 0.15) is 6.10 Å². The van der Waals surface area contributed by atoms with E-state index < -0.39 is 5.97 Å². The number of carboxylic acid groups (broad SMARTS) is 1. The van der Waals surface area contributed by atoms with Crippen molar-refractivity contribution < 1.29 is 24.2 Å². The van der Waals surface area contributed by atoms with Gasteiger partial charge in [0.25, 0.3) is 0 Å². The maximum atomic E-state index is 11.4. The number of rotatable bonds is 9. The summed E-state index contributed by atoms with van der Waals surface area (Å²) in [5.74, 6) is -0.907. The number of allylic oxidation sites excluding steroid dienone is 1. The average molecular weight is 366 g/mol. The van der Waals surface area contributed by atoms with E-state index in [4.69, 9.17) is 14.6 Å². The highest BCUT2D eigenvalue weighted by Gasteiger charge is 2.22. The van der Waals surface area contributed by atoms with Crippen molar-refractivity contribution in [1.82, 2.24) is 0 Å². The Kier molecular flexibility index (Phi) is 10.3. The first-order valence-corrected chi connectivity index (χ1v) is 9.65. The minimum absolute atomic E-state index is 0.106. The molecule has 1 N–H and O–H groups in total. The zero-order valence-corrected chi connectivity index (χ0v) is 16.6. The minimum Gasteiger partial charge on any atom is -0.478 e. The number of carboxylic acids is 1. The van der Waals surface area contributed by atoms with Gasteiger partial charge < -0.3 is 14.6 Å². The smallest absolute Gasteiger partial charge is 0.328 e. The van der Waals surface area contributed by atoms with Gasteiger partial charge in [0.05, 0.1) is 6.10 Å². The van der Waals surface area contributed by atoms with Crippen LogP contribution in [-0.2, 0) is 19.1 Å². The molecule has 0 aliphatic carbocycles. The summed E-state index contributed by atoms with van der Waals surface area (Å²) in [5, 5.41) is 9.06. The molecule has 26 heavy (non-hydrogen) atoms. The fraction of sp³-hybridized carbons (Fsp3) is 0.714. The summed E-state index contributed by atoms with van der Waals surface area (Å²) in [6, 6.07) is 0. The molecule has 0 aromatic carbocycles. The first-order valence-electron chi connectivity index (χ1n) is 9.65. The van der Waals surface area contributed by atoms with Crippen LogP contribution < -0.4 is 0 Å². The summed E-state index contributed by atoms with van der Waals surface area (Å²) >= 11 is 0. The maximum absolute atomic E-state index is 11.4. The summed E-state index contributed by atoms with van der Waals surface area (Å²) in [6.45, 7) is 8.32. The zero-order valence-electron chi connectivity index (χ0n) is 16.6. The molecule has 5 nitrogen and oxygen atoms in total. The quantitative estimate of drug-likeness (QED) is 0.365. The Labute approximate surface area is 157 Å². The number of hydrogen-bond acceptors (Lipinski definition) is 4. The molecule has 0 amide bonds. The van der Waals surface area contributed by atoms with E-state index in [9.17, 15) is 9.59 Å². The minimum atomic E-state index is -0.902. The van der Waals surface area contributed by atoms with Gasteiger partial charge in [-0.1, -0.05) is 25.0 Å². The molecule has 1 heterocycles. The monoisotopic (exact) mass is 366 g/mol. The number of aliphatic carboxylic acids is 1. The molecular formula is C21H34O5. The van der Waals surface area contributed by atoms with Crippen molar-refractivity contribution in [2.75, 3.05) is 6.61 Å². The summed E-state index contributed by atoms with van der Waals surface area (Å²) in [7, 11) is 0. The van der Waals surface area contributed by atoms with Gasteiger partial charge in [0.15, 0.2) is 0 Å². The highest BCUT2D eigenvalue weighted by atomic mass is 16.5. The molecule has 0 aromatic rings. The number of carbonyl (C=O) groups is 2. The van der Waals surface area contributed by atoms with Crippen molar-refractivity contribution >= 4 is 11.9 Å². The number of esters is 1. The van der Waals surface area contributed by atoms with Gasteiger partial charge in [0, 0.05) is 26.0 Å². The highest BCUT2D eigenvalue weighted by molar-refractivity contribution is 5.80. The second kappa shape index (κ2) is 11.9. The van der Waals surface area contributed by atoms with Gasteiger partial charge in [-0.25, -0.2) is 4.79 Å². The SMILES string of the molecule is CC(=O)OC(CC=C(C)C)C(C)CCCC1OCCCCC1=CC(=O)O. The van der Waals surface area contributed by atoms with E-state index in [1.165, 1.54) is 18.6 Å². The third kappa shape index (κ3) is 9.18. The maximum Gasteiger partial charge on any atom is 0.328 e. The first kappa shape index (κ1) is 22.4. The topological polar surface area (TPSA) is 72.8 Å². The summed E-state index contributed by atoms with van der Waals surface area (Å²) in [6.07, 6.45) is 9.29. The molecule has 3 atom stereocenters. The van der Waals surface area contributed by atoms with Crippen molar-refractivity contribution in [2.24, 2.45) is 5.92 Å². The molecule has 0 aromatic heterocycles. The van der Waals surface area contributed by atoms with Crippen LogP contribution in [-0.4, -0.2) is 35.9 Å². The fourth-order valence-electron chi connectivity index (χ4n) is 3.29. The molecule has 0 radical (unpaired) electrons. The molecule has 0 bridgehead atoms. The second-order valence-corrected chi connectivity index (χ2v) is 7.45. The summed E-state index contributed by atoms with van der Waals surface area (Å²) < 4.78 is 11.4. The fourth-order valence-corrected chi connectivity index (χ4v) is 3.29. The molecule has 5 heteroatoms. The molecule has 3 unspecified atom stereocenters. The Morgan fingerprint density at radius 1 is 1.31 bits per heavy atom. The molecule has 1 aliphatic heterocycles. The van der Waals surface area contributed by atoms with Crippen molar-refractivity contribution in [2.45, 2.75) is 84.8 Å². The largest absolute Gasteiger partial charge is 0.478 e. The molecule has 0 saturated carbocycles. The lowest BCUT2D eigenvalue weighted by Crippen LogP contribution is -2.24. The normalized spacial score (nSPS) is 21.5. The van der Waals surface area contributed by atoms with Gasteiger partial charge in [0.2, 0.25) is 0 Å². The van der Waals surface area contributed by atoms with Crippen LogP contribution in [0.4, 0.5) is 0 Å². The Hall–Kier alpha value is -1.62. The number of carbonyl (C=O) groups excluding carboxylic acids is 1. The highest BCUT2D eigenvalue weighted by Crippen LogP contribution is 2.26. The predicted molar refractivity (Wildman–Crippen MR) is 102 cm³/mol. The van der Waals surface area contributed by atoms with E-state index >= 15 is 0 Å². The zero-order chi connectivity index (χ0) is 19.5. The Bertz CT molecular complexity index is 516. The molecule has 1 saturated heterocycles. The summed E-state index contributed by atoms with van der Waals surface area (Å²) in [4.78, 5) is 22.4. The Balaban J connectivity index is 2.59. The van der Waals surface area contributed by atoms with Crippen LogP contribution in [0.5, 0.6) is 0 Å². The lowest BCUT2D eigenvalue weighted by atomic mass is 9.92. The van der Waals surface area contributed by atoms with Crippen LogP contribution in [0.25, 0.3) is 0 Å². The van der Waals surface area contributed by atoms with Crippen molar-refractivity contribution in [3.63, 3.8) is 0 Å².